The molecule has 94 valence electrons. The molecule has 7 nitrogen and oxygen atoms in total. The smallest absolute Gasteiger partial charge is 0.276 e. The average molecular weight is 240 g/mol. The molecule has 0 aliphatic rings. The van der Waals surface area contributed by atoms with Crippen LogP contribution >= 0.6 is 0 Å². The van der Waals surface area contributed by atoms with Crippen molar-refractivity contribution in [2.45, 2.75) is 20.0 Å². The van der Waals surface area contributed by atoms with E-state index in [0.717, 1.165) is 0 Å². The fourth-order valence-corrected chi connectivity index (χ4v) is 1.18. The zero-order chi connectivity index (χ0) is 13.0. The number of rotatable bonds is 5. The maximum absolute atomic E-state index is 10.6. The van der Waals surface area contributed by atoms with Crippen molar-refractivity contribution in [1.29, 1.82) is 0 Å². The van der Waals surface area contributed by atoms with Crippen molar-refractivity contribution in [1.82, 2.24) is 4.98 Å². The molecule has 7 heteroatoms. The van der Waals surface area contributed by atoms with Crippen molar-refractivity contribution in [2.75, 3.05) is 17.6 Å². The predicted octanol–water partition coefficient (Wildman–Crippen LogP) is 1.00. The summed E-state index contributed by atoms with van der Waals surface area (Å²) in [5.74, 6) is 0.454. The van der Waals surface area contributed by atoms with Gasteiger partial charge in [0.25, 0.3) is 5.69 Å². The van der Waals surface area contributed by atoms with Gasteiger partial charge in [0.2, 0.25) is 0 Å². The lowest BCUT2D eigenvalue weighted by Gasteiger charge is -2.15. The Balaban J connectivity index is 2.74. The molecule has 0 spiro atoms. The van der Waals surface area contributed by atoms with Crippen molar-refractivity contribution < 1.29 is 10.0 Å². The Morgan fingerprint density at radius 2 is 2.24 bits per heavy atom. The van der Waals surface area contributed by atoms with Crippen molar-refractivity contribution in [3.05, 3.63) is 22.2 Å². The van der Waals surface area contributed by atoms with Gasteiger partial charge < -0.3 is 16.2 Å². The third-order valence-corrected chi connectivity index (χ3v) is 2.30. The number of anilines is 2. The lowest BCUT2D eigenvalue weighted by molar-refractivity contribution is -0.384. The molecule has 1 rings (SSSR count). The summed E-state index contributed by atoms with van der Waals surface area (Å²) < 4.78 is 0. The van der Waals surface area contributed by atoms with E-state index in [-0.39, 0.29) is 29.8 Å². The zero-order valence-corrected chi connectivity index (χ0v) is 9.75. The van der Waals surface area contributed by atoms with Crippen molar-refractivity contribution in [2.24, 2.45) is 5.92 Å². The molecular formula is C10H16N4O3. The molecule has 1 atom stereocenters. The van der Waals surface area contributed by atoms with Crippen molar-refractivity contribution in [3.63, 3.8) is 0 Å². The minimum atomic E-state index is -0.544. The molecule has 0 saturated heterocycles. The van der Waals surface area contributed by atoms with Crippen LogP contribution in [0.3, 0.4) is 0 Å². The van der Waals surface area contributed by atoms with E-state index in [9.17, 15) is 15.2 Å². The van der Waals surface area contributed by atoms with Crippen LogP contribution in [0, 0.1) is 16.0 Å². The summed E-state index contributed by atoms with van der Waals surface area (Å²) in [5, 5.41) is 23.0. The van der Waals surface area contributed by atoms with E-state index in [1.54, 1.807) is 0 Å². The molecule has 0 amide bonds. The average Bonchev–Trinajstić information content (AvgIpc) is 2.24. The van der Waals surface area contributed by atoms with Crippen LogP contribution in [0.5, 0.6) is 0 Å². The van der Waals surface area contributed by atoms with Crippen molar-refractivity contribution in [3.8, 4) is 0 Å². The van der Waals surface area contributed by atoms with Gasteiger partial charge in [-0.25, -0.2) is 4.98 Å². The number of nitrogen functional groups attached to an aromatic ring is 1. The number of nitrogens with one attached hydrogen (secondary N) is 1. The first-order valence-electron chi connectivity index (χ1n) is 5.24. The van der Waals surface area contributed by atoms with Crippen LogP contribution < -0.4 is 11.1 Å². The van der Waals surface area contributed by atoms with Gasteiger partial charge in [0.05, 0.1) is 23.2 Å². The normalized spacial score (nSPS) is 12.5. The highest BCUT2D eigenvalue weighted by Crippen LogP contribution is 2.18. The molecule has 0 aromatic carbocycles. The summed E-state index contributed by atoms with van der Waals surface area (Å²) in [6.07, 6.45) is -0.544. The number of hydrogen-bond acceptors (Lipinski definition) is 6. The molecule has 17 heavy (non-hydrogen) atoms. The number of nitro groups is 1. The molecule has 1 heterocycles. The van der Waals surface area contributed by atoms with Crippen LogP contribution in [0.25, 0.3) is 0 Å². The molecule has 1 unspecified atom stereocenters. The molecular weight excluding hydrogens is 224 g/mol. The van der Waals surface area contributed by atoms with Crippen LogP contribution in [0.2, 0.25) is 0 Å². The molecule has 0 aliphatic carbocycles. The lowest BCUT2D eigenvalue weighted by Crippen LogP contribution is -2.25. The van der Waals surface area contributed by atoms with Gasteiger partial charge in [0.15, 0.2) is 0 Å². The highest BCUT2D eigenvalue weighted by molar-refractivity contribution is 5.52. The van der Waals surface area contributed by atoms with Gasteiger partial charge in [-0.05, 0) is 5.92 Å². The van der Waals surface area contributed by atoms with Gasteiger partial charge in [0.1, 0.15) is 11.6 Å². The summed E-state index contributed by atoms with van der Waals surface area (Å²) in [6.45, 7) is 4.02. The molecule has 1 aromatic rings. The Bertz CT molecular complexity index is 409. The second-order valence-corrected chi connectivity index (χ2v) is 4.08. The Kier molecular flexibility index (Phi) is 4.22. The Morgan fingerprint density at radius 1 is 1.59 bits per heavy atom. The number of pyridine rings is 1. The summed E-state index contributed by atoms with van der Waals surface area (Å²) in [7, 11) is 0. The number of hydrogen-bond donors (Lipinski definition) is 3. The van der Waals surface area contributed by atoms with Gasteiger partial charge in [-0.2, -0.15) is 0 Å². The summed E-state index contributed by atoms with van der Waals surface area (Å²) in [4.78, 5) is 14.0. The minimum Gasteiger partial charge on any atom is -0.391 e. The minimum absolute atomic E-state index is 0.0701. The number of aliphatic hydroxyl groups excluding tert-OH is 1. The van der Waals surface area contributed by atoms with E-state index in [1.165, 1.54) is 12.1 Å². The molecule has 0 radical (unpaired) electrons. The number of aliphatic hydroxyl groups is 1. The van der Waals surface area contributed by atoms with E-state index in [4.69, 9.17) is 5.73 Å². The zero-order valence-electron chi connectivity index (χ0n) is 9.75. The van der Waals surface area contributed by atoms with Crippen molar-refractivity contribution >= 4 is 17.3 Å². The molecule has 4 N–H and O–H groups in total. The fourth-order valence-electron chi connectivity index (χ4n) is 1.18. The Morgan fingerprint density at radius 3 is 2.76 bits per heavy atom. The van der Waals surface area contributed by atoms with E-state index >= 15 is 0 Å². The Labute approximate surface area is 98.8 Å². The van der Waals surface area contributed by atoms with Gasteiger partial charge in [0, 0.05) is 6.54 Å². The summed E-state index contributed by atoms with van der Waals surface area (Å²) >= 11 is 0. The molecule has 1 aromatic heterocycles. The quantitative estimate of drug-likeness (QED) is 0.522. The SMILES string of the molecule is CC(C)C(O)CNc1cc([N+](=O)[O-])cc(N)n1. The van der Waals surface area contributed by atoms with Crippen LogP contribution in [-0.2, 0) is 0 Å². The lowest BCUT2D eigenvalue weighted by atomic mass is 10.1. The molecule has 0 fully saturated rings. The van der Waals surface area contributed by atoms with Gasteiger partial charge in [-0.1, -0.05) is 13.8 Å². The van der Waals surface area contributed by atoms with Crippen LogP contribution in [-0.4, -0.2) is 27.7 Å². The maximum Gasteiger partial charge on any atom is 0.276 e. The Hall–Kier alpha value is -1.89. The first-order valence-corrected chi connectivity index (χ1v) is 5.24. The second-order valence-electron chi connectivity index (χ2n) is 4.08. The fraction of sp³-hybridized carbons (Fsp3) is 0.500. The maximum atomic E-state index is 10.6. The van der Waals surface area contributed by atoms with E-state index < -0.39 is 11.0 Å². The van der Waals surface area contributed by atoms with Crippen LogP contribution in [0.15, 0.2) is 12.1 Å². The highest BCUT2D eigenvalue weighted by atomic mass is 16.6. The molecule has 0 bridgehead atoms. The highest BCUT2D eigenvalue weighted by Gasteiger charge is 2.12. The first kappa shape index (κ1) is 13.2. The van der Waals surface area contributed by atoms with E-state index in [2.05, 4.69) is 10.3 Å². The molecule has 0 aliphatic heterocycles. The standard InChI is InChI=1S/C10H16N4O3/c1-6(2)8(15)5-12-10-4-7(14(16)17)3-9(11)13-10/h3-4,6,8,15H,5H2,1-2H3,(H3,11,12,13). The van der Waals surface area contributed by atoms with E-state index in [0.29, 0.717) is 0 Å². The summed E-state index contributed by atoms with van der Waals surface area (Å²) in [6, 6.07) is 2.47. The van der Waals surface area contributed by atoms with Gasteiger partial charge >= 0.3 is 0 Å². The number of nitrogens with zero attached hydrogens (tertiary/aromatic N) is 2. The topological polar surface area (TPSA) is 114 Å². The van der Waals surface area contributed by atoms with Crippen LogP contribution in [0.1, 0.15) is 13.8 Å². The molecule has 0 saturated carbocycles. The number of nitrogens with two attached hydrogens (primary N) is 1. The van der Waals surface area contributed by atoms with Crippen LogP contribution in [0.4, 0.5) is 17.3 Å². The predicted molar refractivity (Wildman–Crippen MR) is 64.6 cm³/mol. The largest absolute Gasteiger partial charge is 0.391 e. The summed E-state index contributed by atoms with van der Waals surface area (Å²) in [5.41, 5.74) is 5.32. The third kappa shape index (κ3) is 3.87. The third-order valence-electron chi connectivity index (χ3n) is 2.30. The van der Waals surface area contributed by atoms with Gasteiger partial charge in [-0.15, -0.1) is 0 Å². The number of aromatic nitrogens is 1. The first-order chi connectivity index (χ1) is 7.90. The monoisotopic (exact) mass is 240 g/mol. The van der Waals surface area contributed by atoms with E-state index in [1.807, 2.05) is 13.8 Å². The van der Waals surface area contributed by atoms with Gasteiger partial charge in [-0.3, -0.25) is 10.1 Å². The second kappa shape index (κ2) is 5.44.